The largest absolute Gasteiger partial charge is 0.433 e. The van der Waals surface area contributed by atoms with Gasteiger partial charge in [0.1, 0.15) is 0 Å². The molecule has 1 aliphatic heterocycles. The maximum atomic E-state index is 11.2. The lowest BCUT2D eigenvalue weighted by Gasteiger charge is -2.25. The number of hydrogen-bond acceptors (Lipinski definition) is 5. The second kappa shape index (κ2) is 4.61. The summed E-state index contributed by atoms with van der Waals surface area (Å²) in [5.41, 5.74) is 0. The molecule has 0 aromatic heterocycles. The van der Waals surface area contributed by atoms with Gasteiger partial charge in [-0.05, 0) is 0 Å². The Kier molecular flexibility index (Phi) is 3.70. The zero-order valence-corrected chi connectivity index (χ0v) is 8.75. The molecule has 0 saturated carbocycles. The quantitative estimate of drug-likeness (QED) is 0.628. The van der Waals surface area contributed by atoms with Crippen molar-refractivity contribution in [3.8, 4) is 0 Å². The number of nitrogens with zero attached hydrogens (tertiary/aromatic N) is 1. The van der Waals surface area contributed by atoms with E-state index in [1.54, 1.807) is 0 Å². The molecule has 1 aliphatic rings. The molecule has 1 rings (SSSR count). The summed E-state index contributed by atoms with van der Waals surface area (Å²) in [5, 5.41) is 0. The molecular formula is C7H13NO5S. The Bertz CT molecular complexity index is 293. The molecule has 0 aromatic carbocycles. The van der Waals surface area contributed by atoms with E-state index in [9.17, 15) is 13.2 Å². The third-order valence-corrected chi connectivity index (χ3v) is 2.21. The third-order valence-electron chi connectivity index (χ3n) is 1.67. The van der Waals surface area contributed by atoms with Crippen molar-refractivity contribution in [1.29, 1.82) is 0 Å². The average Bonchev–Trinajstić information content (AvgIpc) is 2.14. The first-order valence-electron chi connectivity index (χ1n) is 4.16. The standard InChI is InChI=1S/C7H13NO5S/c1-14(10,11)6-13-7(9)8-2-4-12-5-3-8/h2-6H2,1H3. The average molecular weight is 223 g/mol. The van der Waals surface area contributed by atoms with Crippen LogP contribution in [0.1, 0.15) is 0 Å². The molecular weight excluding hydrogens is 210 g/mol. The number of ether oxygens (including phenoxy) is 2. The Morgan fingerprint density at radius 2 is 2.00 bits per heavy atom. The van der Waals surface area contributed by atoms with E-state index < -0.39 is 21.9 Å². The topological polar surface area (TPSA) is 72.9 Å². The van der Waals surface area contributed by atoms with Gasteiger partial charge in [0.05, 0.1) is 13.2 Å². The van der Waals surface area contributed by atoms with Crippen LogP contribution in [0, 0.1) is 0 Å². The second-order valence-corrected chi connectivity index (χ2v) is 5.14. The van der Waals surface area contributed by atoms with Crippen molar-refractivity contribution in [2.45, 2.75) is 0 Å². The highest BCUT2D eigenvalue weighted by Crippen LogP contribution is 2.00. The molecule has 6 nitrogen and oxygen atoms in total. The molecule has 0 aromatic rings. The van der Waals surface area contributed by atoms with Crippen LogP contribution in [0.2, 0.25) is 0 Å². The Morgan fingerprint density at radius 3 is 2.50 bits per heavy atom. The maximum absolute atomic E-state index is 11.2. The van der Waals surface area contributed by atoms with Gasteiger partial charge in [-0.25, -0.2) is 13.2 Å². The third kappa shape index (κ3) is 3.93. The van der Waals surface area contributed by atoms with Crippen molar-refractivity contribution in [3.63, 3.8) is 0 Å². The van der Waals surface area contributed by atoms with Crippen LogP contribution >= 0.6 is 0 Å². The zero-order valence-electron chi connectivity index (χ0n) is 7.93. The number of carbonyl (C=O) groups excluding carboxylic acids is 1. The van der Waals surface area contributed by atoms with E-state index in [-0.39, 0.29) is 0 Å². The number of rotatable bonds is 2. The molecule has 0 aliphatic carbocycles. The Labute approximate surface area is 82.7 Å². The smallest absolute Gasteiger partial charge is 0.410 e. The molecule has 1 fully saturated rings. The van der Waals surface area contributed by atoms with Gasteiger partial charge in [-0.2, -0.15) is 0 Å². The molecule has 0 N–H and O–H groups in total. The van der Waals surface area contributed by atoms with Crippen LogP contribution in [0.25, 0.3) is 0 Å². The summed E-state index contributed by atoms with van der Waals surface area (Å²) in [6.45, 7) is 1.83. The van der Waals surface area contributed by atoms with Gasteiger partial charge < -0.3 is 14.4 Å². The van der Waals surface area contributed by atoms with Crippen LogP contribution in [0.4, 0.5) is 4.79 Å². The molecule has 0 atom stereocenters. The summed E-state index contributed by atoms with van der Waals surface area (Å²) in [7, 11) is -3.26. The number of hydrogen-bond donors (Lipinski definition) is 0. The summed E-state index contributed by atoms with van der Waals surface area (Å²) >= 11 is 0. The Balaban J connectivity index is 2.34. The first-order valence-corrected chi connectivity index (χ1v) is 6.22. The monoisotopic (exact) mass is 223 g/mol. The molecule has 7 heteroatoms. The minimum atomic E-state index is -3.26. The highest BCUT2D eigenvalue weighted by atomic mass is 32.2. The van der Waals surface area contributed by atoms with E-state index in [4.69, 9.17) is 4.74 Å². The van der Waals surface area contributed by atoms with Gasteiger partial charge >= 0.3 is 6.09 Å². The van der Waals surface area contributed by atoms with E-state index in [1.165, 1.54) is 4.90 Å². The minimum absolute atomic E-state index is 0.447. The molecule has 82 valence electrons. The molecule has 1 heterocycles. The minimum Gasteiger partial charge on any atom is -0.433 e. The van der Waals surface area contributed by atoms with Crippen molar-refractivity contribution in [2.24, 2.45) is 0 Å². The molecule has 1 amide bonds. The van der Waals surface area contributed by atoms with Crippen LogP contribution in [0.3, 0.4) is 0 Å². The number of sulfone groups is 1. The summed E-state index contributed by atoms with van der Waals surface area (Å²) in [6, 6.07) is 0. The number of carbonyl (C=O) groups is 1. The summed E-state index contributed by atoms with van der Waals surface area (Å²) in [4.78, 5) is 12.7. The van der Waals surface area contributed by atoms with Gasteiger partial charge in [-0.3, -0.25) is 0 Å². The fourth-order valence-corrected chi connectivity index (χ4v) is 1.31. The van der Waals surface area contributed by atoms with Gasteiger partial charge in [-0.1, -0.05) is 0 Å². The number of morpholine rings is 1. The highest BCUT2D eigenvalue weighted by molar-refractivity contribution is 7.90. The van der Waals surface area contributed by atoms with E-state index in [0.717, 1.165) is 6.26 Å². The van der Waals surface area contributed by atoms with Gasteiger partial charge in [0, 0.05) is 19.3 Å². The van der Waals surface area contributed by atoms with Crippen LogP contribution in [0.15, 0.2) is 0 Å². The molecule has 0 bridgehead atoms. The Morgan fingerprint density at radius 1 is 1.43 bits per heavy atom. The van der Waals surface area contributed by atoms with Crippen molar-refractivity contribution >= 4 is 15.9 Å². The highest BCUT2D eigenvalue weighted by Gasteiger charge is 2.19. The van der Waals surface area contributed by atoms with Crippen molar-refractivity contribution in [2.75, 3.05) is 38.5 Å². The van der Waals surface area contributed by atoms with Gasteiger partial charge in [0.15, 0.2) is 15.8 Å². The lowest BCUT2D eigenvalue weighted by Crippen LogP contribution is -2.41. The van der Waals surface area contributed by atoms with Crippen LogP contribution in [0.5, 0.6) is 0 Å². The van der Waals surface area contributed by atoms with Crippen LogP contribution < -0.4 is 0 Å². The second-order valence-electron chi connectivity index (χ2n) is 3.05. The van der Waals surface area contributed by atoms with Crippen LogP contribution in [-0.2, 0) is 19.3 Å². The first-order chi connectivity index (χ1) is 6.49. The van der Waals surface area contributed by atoms with Crippen molar-refractivity contribution in [1.82, 2.24) is 4.90 Å². The molecule has 0 radical (unpaired) electrons. The van der Waals surface area contributed by atoms with E-state index in [2.05, 4.69) is 4.74 Å². The van der Waals surface area contributed by atoms with Crippen molar-refractivity contribution in [3.05, 3.63) is 0 Å². The molecule has 14 heavy (non-hydrogen) atoms. The maximum Gasteiger partial charge on any atom is 0.410 e. The predicted molar refractivity (Wildman–Crippen MR) is 48.6 cm³/mol. The SMILES string of the molecule is CS(=O)(=O)COC(=O)N1CCOCC1. The summed E-state index contributed by atoms with van der Waals surface area (Å²) in [5.74, 6) is -0.566. The first kappa shape index (κ1) is 11.3. The van der Waals surface area contributed by atoms with Crippen molar-refractivity contribution < 1.29 is 22.7 Å². The number of amides is 1. The predicted octanol–water partition coefficient (Wildman–Crippen LogP) is -0.543. The molecule has 0 spiro atoms. The van der Waals surface area contributed by atoms with E-state index >= 15 is 0 Å². The van der Waals surface area contributed by atoms with Gasteiger partial charge in [-0.15, -0.1) is 0 Å². The lowest BCUT2D eigenvalue weighted by atomic mass is 10.5. The lowest BCUT2D eigenvalue weighted by molar-refractivity contribution is 0.0316. The van der Waals surface area contributed by atoms with Gasteiger partial charge in [0.25, 0.3) is 0 Å². The van der Waals surface area contributed by atoms with Crippen LogP contribution in [-0.4, -0.2) is 57.9 Å². The summed E-state index contributed by atoms with van der Waals surface area (Å²) < 4.78 is 31.0. The zero-order chi connectivity index (χ0) is 10.6. The van der Waals surface area contributed by atoms with E-state index in [1.807, 2.05) is 0 Å². The fourth-order valence-electron chi connectivity index (χ4n) is 0.995. The molecule has 0 unspecified atom stereocenters. The van der Waals surface area contributed by atoms with Gasteiger partial charge in [0.2, 0.25) is 0 Å². The fraction of sp³-hybridized carbons (Fsp3) is 0.857. The van der Waals surface area contributed by atoms with E-state index in [0.29, 0.717) is 26.3 Å². The summed E-state index contributed by atoms with van der Waals surface area (Å²) in [6.07, 6.45) is 0.415. The molecule has 1 saturated heterocycles. The normalized spacial score (nSPS) is 17.9. The Hall–Kier alpha value is -0.820.